The van der Waals surface area contributed by atoms with Gasteiger partial charge < -0.3 is 4.42 Å². The zero-order valence-electron chi connectivity index (χ0n) is 8.94. The molecule has 88 valence electrons. The van der Waals surface area contributed by atoms with Gasteiger partial charge in [-0.3, -0.25) is 4.79 Å². The lowest BCUT2D eigenvalue weighted by Gasteiger charge is -1.94. The zero-order valence-corrected chi connectivity index (χ0v) is 11.3. The topological polar surface area (TPSA) is 54.6 Å². The van der Waals surface area contributed by atoms with Crippen molar-refractivity contribution in [1.82, 2.24) is 5.43 Å². The number of thiophene rings is 1. The molecule has 2 rings (SSSR count). The van der Waals surface area contributed by atoms with Crippen LogP contribution in [0.1, 0.15) is 21.0 Å². The number of carbonyl (C=O) groups excluding carboxylic acids is 1. The van der Waals surface area contributed by atoms with Gasteiger partial charge in [-0.25, -0.2) is 5.43 Å². The van der Waals surface area contributed by atoms with Gasteiger partial charge in [0.05, 0.1) is 6.21 Å². The van der Waals surface area contributed by atoms with Gasteiger partial charge in [0, 0.05) is 10.4 Å². The van der Waals surface area contributed by atoms with Crippen LogP contribution in [0.5, 0.6) is 0 Å². The van der Waals surface area contributed by atoms with Crippen molar-refractivity contribution in [2.45, 2.75) is 6.92 Å². The number of rotatable bonds is 3. The molecule has 0 spiro atoms. The first-order valence-corrected chi connectivity index (χ1v) is 6.47. The molecule has 0 aliphatic carbocycles. The summed E-state index contributed by atoms with van der Waals surface area (Å²) in [4.78, 5) is 12.7. The fourth-order valence-corrected chi connectivity index (χ4v) is 2.16. The predicted molar refractivity (Wildman–Crippen MR) is 70.5 cm³/mol. The molecule has 2 aromatic heterocycles. The average Bonchev–Trinajstić information content (AvgIpc) is 2.88. The molecule has 0 bridgehead atoms. The van der Waals surface area contributed by atoms with Crippen LogP contribution in [-0.4, -0.2) is 12.1 Å². The molecule has 2 heterocycles. The van der Waals surface area contributed by atoms with Gasteiger partial charge in [-0.1, -0.05) is 0 Å². The lowest BCUT2D eigenvalue weighted by molar-refractivity contribution is 0.0926. The number of hydrazone groups is 1. The normalized spacial score (nSPS) is 10.9. The highest BCUT2D eigenvalue weighted by Gasteiger charge is 2.08. The molecule has 0 saturated carbocycles. The minimum absolute atomic E-state index is 0.219. The first-order valence-electron chi connectivity index (χ1n) is 4.79. The van der Waals surface area contributed by atoms with Gasteiger partial charge in [-0.15, -0.1) is 11.3 Å². The fraction of sp³-hybridized carbons (Fsp3) is 0.0909. The predicted octanol–water partition coefficient (Wildman–Crippen LogP) is 3.18. The molecule has 1 N–H and O–H groups in total. The van der Waals surface area contributed by atoms with Crippen molar-refractivity contribution in [3.63, 3.8) is 0 Å². The van der Waals surface area contributed by atoms with Gasteiger partial charge in [0.2, 0.25) is 0 Å². The minimum Gasteiger partial charge on any atom is -0.444 e. The number of hydrogen-bond acceptors (Lipinski definition) is 4. The van der Waals surface area contributed by atoms with Crippen molar-refractivity contribution in [1.29, 1.82) is 0 Å². The van der Waals surface area contributed by atoms with Crippen molar-refractivity contribution in [3.8, 4) is 0 Å². The van der Waals surface area contributed by atoms with E-state index in [2.05, 4.69) is 26.5 Å². The van der Waals surface area contributed by atoms with E-state index in [1.165, 1.54) is 0 Å². The highest BCUT2D eigenvalue weighted by molar-refractivity contribution is 9.10. The molecule has 0 unspecified atom stereocenters. The fourth-order valence-electron chi connectivity index (χ4n) is 1.18. The number of hydrogen-bond donors (Lipinski definition) is 1. The van der Waals surface area contributed by atoms with E-state index < -0.39 is 0 Å². The Morgan fingerprint density at radius 2 is 2.35 bits per heavy atom. The number of nitrogens with zero attached hydrogens (tertiary/aromatic N) is 1. The number of nitrogens with one attached hydrogen (secondary N) is 1. The van der Waals surface area contributed by atoms with Crippen molar-refractivity contribution in [2.24, 2.45) is 5.10 Å². The van der Waals surface area contributed by atoms with E-state index in [0.717, 1.165) is 10.4 Å². The maximum atomic E-state index is 11.5. The first-order chi connectivity index (χ1) is 8.16. The van der Waals surface area contributed by atoms with Crippen LogP contribution < -0.4 is 5.43 Å². The van der Waals surface area contributed by atoms with Crippen LogP contribution >= 0.6 is 27.3 Å². The van der Waals surface area contributed by atoms with Gasteiger partial charge in [0.15, 0.2) is 10.4 Å². The van der Waals surface area contributed by atoms with E-state index in [9.17, 15) is 4.79 Å². The molecule has 0 radical (unpaired) electrons. The Labute approximate surface area is 110 Å². The molecule has 0 atom stereocenters. The van der Waals surface area contributed by atoms with Crippen LogP contribution in [0.2, 0.25) is 0 Å². The van der Waals surface area contributed by atoms with Gasteiger partial charge >= 0.3 is 5.91 Å². The number of furan rings is 1. The van der Waals surface area contributed by atoms with Crippen LogP contribution in [0.25, 0.3) is 0 Å². The summed E-state index contributed by atoms with van der Waals surface area (Å²) in [7, 11) is 0. The summed E-state index contributed by atoms with van der Waals surface area (Å²) in [5, 5.41) is 5.84. The largest absolute Gasteiger partial charge is 0.444 e. The van der Waals surface area contributed by atoms with E-state index >= 15 is 0 Å². The van der Waals surface area contributed by atoms with Gasteiger partial charge in [0.25, 0.3) is 0 Å². The van der Waals surface area contributed by atoms with Crippen LogP contribution in [0, 0.1) is 6.92 Å². The Bertz CT molecular complexity index is 559. The summed E-state index contributed by atoms with van der Waals surface area (Å²) in [6, 6.07) is 5.17. The summed E-state index contributed by atoms with van der Waals surface area (Å²) < 4.78 is 5.60. The lowest BCUT2D eigenvalue weighted by atomic mass is 10.3. The molecule has 0 fully saturated rings. The zero-order chi connectivity index (χ0) is 12.3. The van der Waals surface area contributed by atoms with Crippen molar-refractivity contribution in [2.75, 3.05) is 0 Å². The molecular weight excluding hydrogens is 304 g/mol. The molecule has 17 heavy (non-hydrogen) atoms. The Morgan fingerprint density at radius 3 is 2.94 bits per heavy atom. The van der Waals surface area contributed by atoms with Crippen molar-refractivity contribution in [3.05, 3.63) is 44.4 Å². The summed E-state index contributed by atoms with van der Waals surface area (Å²) in [6.45, 7) is 2.00. The molecule has 1 amide bonds. The lowest BCUT2D eigenvalue weighted by Crippen LogP contribution is -2.16. The summed E-state index contributed by atoms with van der Waals surface area (Å²) in [5.41, 5.74) is 3.39. The van der Waals surface area contributed by atoms with Crippen LogP contribution in [0.15, 0.2) is 37.8 Å². The van der Waals surface area contributed by atoms with Crippen LogP contribution in [-0.2, 0) is 0 Å². The van der Waals surface area contributed by atoms with Crippen LogP contribution in [0.4, 0.5) is 0 Å². The highest BCUT2D eigenvalue weighted by Crippen LogP contribution is 2.14. The van der Waals surface area contributed by atoms with Crippen molar-refractivity contribution >= 4 is 39.4 Å². The number of aryl methyl sites for hydroxylation is 1. The van der Waals surface area contributed by atoms with Gasteiger partial charge in [-0.05, 0) is 46.4 Å². The second-order valence-corrected chi connectivity index (χ2v) is 5.14. The SMILES string of the molecule is Cc1sccc1/C=N\NC(=O)c1ccc(Br)o1. The van der Waals surface area contributed by atoms with Gasteiger partial charge in [0.1, 0.15) is 0 Å². The Hall–Kier alpha value is -1.40. The standard InChI is InChI=1S/C11H9BrN2O2S/c1-7-8(4-5-17-7)6-13-14-11(15)9-2-3-10(12)16-9/h2-6H,1H3,(H,14,15)/b13-6-. The Balaban J connectivity index is 1.97. The second-order valence-electron chi connectivity index (χ2n) is 3.24. The van der Waals surface area contributed by atoms with Gasteiger partial charge in [-0.2, -0.15) is 5.10 Å². The van der Waals surface area contributed by atoms with E-state index in [0.29, 0.717) is 4.67 Å². The second kappa shape index (κ2) is 5.29. The maximum absolute atomic E-state index is 11.5. The summed E-state index contributed by atoms with van der Waals surface area (Å²) >= 11 is 4.76. The molecule has 6 heteroatoms. The third-order valence-corrected chi connectivity index (χ3v) is 3.35. The summed E-state index contributed by atoms with van der Waals surface area (Å²) in [6.07, 6.45) is 1.61. The van der Waals surface area contributed by atoms with E-state index in [1.54, 1.807) is 29.7 Å². The number of amides is 1. The number of halogens is 1. The maximum Gasteiger partial charge on any atom is 0.307 e. The molecule has 4 nitrogen and oxygen atoms in total. The molecule has 0 aromatic carbocycles. The quantitative estimate of drug-likeness (QED) is 0.699. The molecular formula is C11H9BrN2O2S. The molecule has 0 saturated heterocycles. The number of carbonyl (C=O) groups is 1. The summed E-state index contributed by atoms with van der Waals surface area (Å²) in [5.74, 6) is -0.157. The highest BCUT2D eigenvalue weighted by atomic mass is 79.9. The molecule has 0 aliphatic heterocycles. The van der Waals surface area contributed by atoms with Crippen LogP contribution in [0.3, 0.4) is 0 Å². The monoisotopic (exact) mass is 312 g/mol. The average molecular weight is 313 g/mol. The van der Waals surface area contributed by atoms with E-state index in [-0.39, 0.29) is 11.7 Å². The third-order valence-electron chi connectivity index (χ3n) is 2.07. The minimum atomic E-state index is -0.375. The molecule has 0 aliphatic rings. The third kappa shape index (κ3) is 3.04. The molecule has 2 aromatic rings. The van der Waals surface area contributed by atoms with Crippen molar-refractivity contribution < 1.29 is 9.21 Å². The van der Waals surface area contributed by atoms with E-state index in [4.69, 9.17) is 4.42 Å². The smallest absolute Gasteiger partial charge is 0.307 e. The Kier molecular flexibility index (Phi) is 3.75. The van der Waals surface area contributed by atoms with E-state index in [1.807, 2.05) is 18.4 Å². The Morgan fingerprint density at radius 1 is 1.53 bits per heavy atom. The first kappa shape index (κ1) is 12.1.